The van der Waals surface area contributed by atoms with Gasteiger partial charge < -0.3 is 8.59 Å². The molecule has 0 aliphatic carbocycles. The summed E-state index contributed by atoms with van der Waals surface area (Å²) in [5.74, 6) is 0. The maximum Gasteiger partial charge on any atom is 2.00 e. The molecule has 0 aromatic rings. The van der Waals surface area contributed by atoms with Gasteiger partial charge in [-0.1, -0.05) is 12.2 Å². The van der Waals surface area contributed by atoms with E-state index < -0.39 is 0 Å². The molecule has 0 aliphatic heterocycles. The van der Waals surface area contributed by atoms with Crippen molar-refractivity contribution in [1.29, 1.82) is 0 Å². The molecule has 2 nitrogen and oxygen atoms in total. The van der Waals surface area contributed by atoms with Crippen LogP contribution >= 0.6 is 24.0 Å². The number of hydrogen-bond acceptors (Lipinski definition) is 3. The van der Waals surface area contributed by atoms with E-state index in [0.717, 1.165) is 11.8 Å². The van der Waals surface area contributed by atoms with Crippen molar-refractivity contribution < 1.29 is 7.65 Å². The van der Waals surface area contributed by atoms with E-state index in [1.807, 2.05) is 0 Å². The number of nitrogens with two attached hydrogens (primary N) is 1. The summed E-state index contributed by atoms with van der Waals surface area (Å²) in [7, 11) is 0. The largest absolute Gasteiger partial charge is 2.00 e. The third-order valence-corrected chi connectivity index (χ3v) is 0.781. The minimum atomic E-state index is 0. The molecule has 0 amide bonds. The molecule has 38 valence electrons. The average Bonchev–Trinajstić information content (AvgIpc) is 1.35. The topological polar surface area (TPSA) is 43.1 Å². The minimum Gasteiger partial charge on any atom is -1.00 e. The summed E-state index contributed by atoms with van der Waals surface area (Å²) in [5.41, 5.74) is 5.47. The third kappa shape index (κ3) is 10.8. The predicted molar refractivity (Wildman–Crippen MR) is 39.1 cm³/mol. The Bertz CT molecular complexity index is 83.0. The van der Waals surface area contributed by atoms with E-state index in [4.69, 9.17) is 5.73 Å². The van der Waals surface area contributed by atoms with Crippen LogP contribution in [0.25, 0.3) is 0 Å². The summed E-state index contributed by atoms with van der Waals surface area (Å²) < 4.78 is 0.171. The first kappa shape index (κ1) is 10.6. The molecule has 0 saturated heterocycles. The first-order valence-corrected chi connectivity index (χ1v) is 2.46. The molecule has 0 aromatic carbocycles. The molecule has 2 N–H and O–H groups in total. The normalized spacial score (nSPS) is 6.29. The van der Waals surface area contributed by atoms with Gasteiger partial charge >= 0.3 is 23.1 Å². The van der Waals surface area contributed by atoms with Gasteiger partial charge in [-0.05, 0) is 11.8 Å². The molecule has 0 aromatic heterocycles. The number of hydrogen-bond donors (Lipinski definition) is 1. The number of carbonyl (C=O) groups is 1. The Hall–Kier alpha value is 0.676. The smallest absolute Gasteiger partial charge is 1.00 e. The van der Waals surface area contributed by atoms with Crippen molar-refractivity contribution in [2.75, 3.05) is 0 Å². The molecule has 0 unspecified atom stereocenters. The Morgan fingerprint density at radius 2 is 2.43 bits per heavy atom. The molecule has 7 heavy (non-hydrogen) atoms. The molecule has 0 rings (SSSR count). The second kappa shape index (κ2) is 6.68. The number of thioether (sulfide) groups is 1. The monoisotopic (exact) mass is 147 g/mol. The van der Waals surface area contributed by atoms with Crippen LogP contribution in [0.2, 0.25) is 0 Å². The summed E-state index contributed by atoms with van der Waals surface area (Å²) in [6, 6.07) is 0. The minimum absolute atomic E-state index is 0. The van der Waals surface area contributed by atoms with Crippen molar-refractivity contribution >= 4 is 57.0 Å². The number of carbonyl (C=O) groups excluding carboxylic acids is 1. The summed E-state index contributed by atoms with van der Waals surface area (Å²) in [6.45, 7) is 0. The molecular weight excluding hydrogens is 142 g/mol. The molecule has 0 spiro atoms. The van der Waals surface area contributed by atoms with Gasteiger partial charge in [0.2, 0.25) is 0 Å². The van der Waals surface area contributed by atoms with Gasteiger partial charge in [0.1, 0.15) is 4.32 Å². The summed E-state index contributed by atoms with van der Waals surface area (Å²) in [4.78, 5) is 9.41. The summed E-state index contributed by atoms with van der Waals surface area (Å²) >= 11 is 5.12. The van der Waals surface area contributed by atoms with Crippen molar-refractivity contribution in [3.63, 3.8) is 0 Å². The molecule has 0 atom stereocenters. The fourth-order valence-electron chi connectivity index (χ4n) is 0.0474. The van der Waals surface area contributed by atoms with Crippen LogP contribution in [-0.2, 0) is 4.79 Å². The van der Waals surface area contributed by atoms with Crippen molar-refractivity contribution in [1.82, 2.24) is 0 Å². The number of rotatable bonds is 1. The second-order valence-electron chi connectivity index (χ2n) is 0.533. The predicted octanol–water partition coefficient (Wildman–Crippen LogP) is -0.00240. The van der Waals surface area contributed by atoms with Crippen LogP contribution in [0, 0.1) is 0 Å². The van der Waals surface area contributed by atoms with E-state index in [1.165, 1.54) is 0 Å². The van der Waals surface area contributed by atoms with Gasteiger partial charge in [0.15, 0.2) is 5.62 Å². The molecule has 0 fully saturated rings. The second-order valence-corrected chi connectivity index (χ2v) is 2.10. The fourth-order valence-corrected chi connectivity index (χ4v) is 0.260. The third-order valence-electron chi connectivity index (χ3n) is 0.164. The Morgan fingerprint density at radius 3 is 2.43 bits per heavy atom. The number of thiocarbonyl (C=S) groups is 1. The first-order chi connectivity index (χ1) is 2.77. The zero-order valence-corrected chi connectivity index (χ0v) is 6.63. The molecule has 0 bridgehead atoms. The Kier molecular flexibility index (Phi) is 10.1. The van der Waals surface area contributed by atoms with E-state index in [1.54, 1.807) is 0 Å². The standard InChI is InChI=1S/C2H3NOS2.Mg.2H/c3-2(5)6-1-4;;;/h1H,(H2,3,5);;;/q;+2;2*-1. The summed E-state index contributed by atoms with van der Waals surface area (Å²) in [6.07, 6.45) is 0. The SMILES string of the molecule is NC(=S)SC=O.[H-].[H-].[Mg+2]. The molecule has 0 aliphatic rings. The van der Waals surface area contributed by atoms with Gasteiger partial charge in [-0.3, -0.25) is 4.79 Å². The quantitative estimate of drug-likeness (QED) is 0.322. The van der Waals surface area contributed by atoms with E-state index in [9.17, 15) is 4.79 Å². The first-order valence-electron chi connectivity index (χ1n) is 1.17. The van der Waals surface area contributed by atoms with Crippen LogP contribution in [0.15, 0.2) is 0 Å². The van der Waals surface area contributed by atoms with E-state index in [0.29, 0.717) is 5.62 Å². The maximum absolute atomic E-state index is 9.41. The molecular formula is C2H5MgNOS2. The van der Waals surface area contributed by atoms with E-state index >= 15 is 0 Å². The van der Waals surface area contributed by atoms with Crippen molar-refractivity contribution in [2.24, 2.45) is 5.73 Å². The average molecular weight is 148 g/mol. The van der Waals surface area contributed by atoms with Crippen LogP contribution in [0.3, 0.4) is 0 Å². The van der Waals surface area contributed by atoms with Gasteiger partial charge in [-0.2, -0.15) is 0 Å². The molecule has 5 heteroatoms. The Morgan fingerprint density at radius 1 is 2.00 bits per heavy atom. The van der Waals surface area contributed by atoms with Crippen LogP contribution in [0.1, 0.15) is 2.85 Å². The Balaban J connectivity index is -0.0000000417. The van der Waals surface area contributed by atoms with Crippen molar-refractivity contribution in [2.45, 2.75) is 0 Å². The molecule has 0 radical (unpaired) electrons. The summed E-state index contributed by atoms with van der Waals surface area (Å²) in [5, 5.41) is 0. The molecule has 0 saturated carbocycles. The van der Waals surface area contributed by atoms with Gasteiger partial charge in [0, 0.05) is 0 Å². The van der Waals surface area contributed by atoms with Gasteiger partial charge in [0.05, 0.1) is 0 Å². The van der Waals surface area contributed by atoms with Crippen LogP contribution < -0.4 is 5.73 Å². The van der Waals surface area contributed by atoms with E-state index in [2.05, 4.69) is 12.2 Å². The van der Waals surface area contributed by atoms with Crippen LogP contribution in [0.4, 0.5) is 0 Å². The molecule has 0 heterocycles. The van der Waals surface area contributed by atoms with Gasteiger partial charge in [-0.15, -0.1) is 0 Å². The Labute approximate surface area is 70.3 Å². The zero-order chi connectivity index (χ0) is 4.99. The van der Waals surface area contributed by atoms with E-state index in [-0.39, 0.29) is 30.2 Å². The maximum atomic E-state index is 9.41. The van der Waals surface area contributed by atoms with Crippen LogP contribution in [0.5, 0.6) is 0 Å². The fraction of sp³-hybridized carbons (Fsp3) is 0. The van der Waals surface area contributed by atoms with Gasteiger partial charge in [0.25, 0.3) is 0 Å². The van der Waals surface area contributed by atoms with Crippen LogP contribution in [-0.4, -0.2) is 33.0 Å². The zero-order valence-electron chi connectivity index (χ0n) is 5.59. The van der Waals surface area contributed by atoms with Gasteiger partial charge in [-0.25, -0.2) is 0 Å². The van der Waals surface area contributed by atoms with Crippen molar-refractivity contribution in [3.05, 3.63) is 0 Å². The van der Waals surface area contributed by atoms with Crippen molar-refractivity contribution in [3.8, 4) is 0 Å².